The number of hydrogen-bond donors (Lipinski definition) is 0. The number of halogens is 2. The first-order valence-electron chi connectivity index (χ1n) is 5.44. The molecule has 0 aliphatic carbocycles. The average molecular weight is 283 g/mol. The maximum absolute atomic E-state index is 6.09. The summed E-state index contributed by atoms with van der Waals surface area (Å²) in [6.07, 6.45) is 0. The van der Waals surface area contributed by atoms with E-state index in [1.165, 1.54) is 0 Å². The fraction of sp³-hybridized carbons (Fsp3) is 0.231. The van der Waals surface area contributed by atoms with Gasteiger partial charge in [-0.2, -0.15) is 5.10 Å². The fourth-order valence-electron chi connectivity index (χ4n) is 1.57. The summed E-state index contributed by atoms with van der Waals surface area (Å²) in [6.45, 7) is 4.25. The Labute approximate surface area is 116 Å². The molecule has 1 heterocycles. The highest BCUT2D eigenvalue weighted by molar-refractivity contribution is 6.32. The van der Waals surface area contributed by atoms with Gasteiger partial charge in [0.1, 0.15) is 18.1 Å². The van der Waals surface area contributed by atoms with Crippen LogP contribution in [-0.4, -0.2) is 10.2 Å². The Kier molecular flexibility index (Phi) is 4.04. The van der Waals surface area contributed by atoms with Gasteiger partial charge in [0.05, 0.1) is 0 Å². The summed E-state index contributed by atoms with van der Waals surface area (Å²) in [5, 5.41) is 8.82. The Morgan fingerprint density at radius 2 is 1.72 bits per heavy atom. The molecule has 18 heavy (non-hydrogen) atoms. The van der Waals surface area contributed by atoms with E-state index in [2.05, 4.69) is 10.2 Å². The van der Waals surface area contributed by atoms with E-state index in [1.807, 2.05) is 26.0 Å². The van der Waals surface area contributed by atoms with Crippen molar-refractivity contribution >= 4 is 23.2 Å². The van der Waals surface area contributed by atoms with Crippen LogP contribution >= 0.6 is 23.2 Å². The van der Waals surface area contributed by atoms with Gasteiger partial charge >= 0.3 is 0 Å². The predicted molar refractivity (Wildman–Crippen MR) is 72.3 cm³/mol. The molecule has 0 saturated heterocycles. The van der Waals surface area contributed by atoms with Crippen molar-refractivity contribution < 1.29 is 4.74 Å². The molecule has 0 aliphatic heterocycles. The van der Waals surface area contributed by atoms with Crippen LogP contribution in [0.3, 0.4) is 0 Å². The molecule has 0 radical (unpaired) electrons. The normalized spacial score (nSPS) is 10.4. The first kappa shape index (κ1) is 13.1. The summed E-state index contributed by atoms with van der Waals surface area (Å²) in [4.78, 5) is 0. The third-order valence-electron chi connectivity index (χ3n) is 2.48. The minimum atomic E-state index is 0.352. The second-order valence-electron chi connectivity index (χ2n) is 4.01. The highest BCUT2D eigenvalue weighted by atomic mass is 35.5. The van der Waals surface area contributed by atoms with Gasteiger partial charge in [0.25, 0.3) is 0 Å². The molecule has 0 aliphatic rings. The summed E-state index contributed by atoms with van der Waals surface area (Å²) in [5.41, 5.74) is 2.72. The van der Waals surface area contributed by atoms with E-state index >= 15 is 0 Å². The standard InChI is InChI=1S/C13H12Cl2N2O/c1-8-5-11(6-9(2)13(8)15)18-7-10-3-4-12(14)17-16-10/h3-6H,7H2,1-2H3. The summed E-state index contributed by atoms with van der Waals surface area (Å²) >= 11 is 11.8. The second-order valence-corrected chi connectivity index (χ2v) is 4.77. The zero-order valence-electron chi connectivity index (χ0n) is 10.1. The Bertz CT molecular complexity index is 532. The van der Waals surface area contributed by atoms with Crippen molar-refractivity contribution in [1.82, 2.24) is 10.2 Å². The summed E-state index contributed by atoms with van der Waals surface area (Å²) in [6, 6.07) is 7.27. The summed E-state index contributed by atoms with van der Waals surface area (Å²) < 4.78 is 5.64. The van der Waals surface area contributed by atoms with Crippen LogP contribution in [0.15, 0.2) is 24.3 Å². The summed E-state index contributed by atoms with van der Waals surface area (Å²) in [5.74, 6) is 0.770. The van der Waals surface area contributed by atoms with Crippen LogP contribution < -0.4 is 4.74 Å². The van der Waals surface area contributed by atoms with Crippen LogP contribution in [-0.2, 0) is 6.61 Å². The number of aryl methyl sites for hydroxylation is 2. The van der Waals surface area contributed by atoms with Gasteiger partial charge in [0, 0.05) is 5.02 Å². The van der Waals surface area contributed by atoms with Crippen molar-refractivity contribution in [2.24, 2.45) is 0 Å². The topological polar surface area (TPSA) is 35.0 Å². The van der Waals surface area contributed by atoms with E-state index < -0.39 is 0 Å². The third-order valence-corrected chi connectivity index (χ3v) is 3.28. The molecule has 2 rings (SSSR count). The van der Waals surface area contributed by atoms with Gasteiger partial charge in [-0.05, 0) is 49.2 Å². The number of nitrogens with zero attached hydrogens (tertiary/aromatic N) is 2. The van der Waals surface area contributed by atoms with Crippen LogP contribution in [0.4, 0.5) is 0 Å². The van der Waals surface area contributed by atoms with Gasteiger partial charge in [-0.3, -0.25) is 0 Å². The molecule has 3 nitrogen and oxygen atoms in total. The molecular weight excluding hydrogens is 271 g/mol. The molecule has 0 N–H and O–H groups in total. The number of benzene rings is 1. The maximum Gasteiger partial charge on any atom is 0.151 e. The highest BCUT2D eigenvalue weighted by Gasteiger charge is 2.04. The van der Waals surface area contributed by atoms with Gasteiger partial charge in [-0.25, -0.2) is 0 Å². The lowest BCUT2D eigenvalue weighted by atomic mass is 10.1. The molecule has 0 amide bonds. The molecule has 2 aromatic rings. The second kappa shape index (κ2) is 5.55. The minimum absolute atomic E-state index is 0.352. The Morgan fingerprint density at radius 3 is 2.28 bits per heavy atom. The highest BCUT2D eigenvalue weighted by Crippen LogP contribution is 2.26. The lowest BCUT2D eigenvalue weighted by Crippen LogP contribution is -2.00. The Hall–Kier alpha value is -1.32. The average Bonchev–Trinajstić information content (AvgIpc) is 2.35. The van der Waals surface area contributed by atoms with Crippen molar-refractivity contribution in [3.63, 3.8) is 0 Å². The molecular formula is C13H12Cl2N2O. The monoisotopic (exact) mass is 282 g/mol. The van der Waals surface area contributed by atoms with E-state index in [0.717, 1.165) is 27.6 Å². The molecule has 0 unspecified atom stereocenters. The van der Waals surface area contributed by atoms with Gasteiger partial charge in [0.2, 0.25) is 0 Å². The van der Waals surface area contributed by atoms with E-state index in [0.29, 0.717) is 11.8 Å². The first-order valence-corrected chi connectivity index (χ1v) is 6.19. The molecule has 0 atom stereocenters. The van der Waals surface area contributed by atoms with Crippen LogP contribution in [0.5, 0.6) is 5.75 Å². The van der Waals surface area contributed by atoms with Crippen LogP contribution in [0.2, 0.25) is 10.2 Å². The predicted octanol–water partition coefficient (Wildman–Crippen LogP) is 3.98. The third kappa shape index (κ3) is 3.12. The van der Waals surface area contributed by atoms with Crippen molar-refractivity contribution in [3.05, 3.63) is 51.3 Å². The lowest BCUT2D eigenvalue weighted by Gasteiger charge is -2.09. The van der Waals surface area contributed by atoms with E-state index in [4.69, 9.17) is 27.9 Å². The van der Waals surface area contributed by atoms with Gasteiger partial charge in [-0.1, -0.05) is 23.2 Å². The smallest absolute Gasteiger partial charge is 0.151 e. The van der Waals surface area contributed by atoms with Crippen molar-refractivity contribution in [2.45, 2.75) is 20.5 Å². The van der Waals surface area contributed by atoms with Crippen molar-refractivity contribution in [2.75, 3.05) is 0 Å². The zero-order chi connectivity index (χ0) is 13.1. The molecule has 0 bridgehead atoms. The van der Waals surface area contributed by atoms with E-state index in [9.17, 15) is 0 Å². The SMILES string of the molecule is Cc1cc(OCc2ccc(Cl)nn2)cc(C)c1Cl. The molecule has 5 heteroatoms. The van der Waals surface area contributed by atoms with Crippen LogP contribution in [0, 0.1) is 13.8 Å². The van der Waals surface area contributed by atoms with Crippen LogP contribution in [0.1, 0.15) is 16.8 Å². The Balaban J connectivity index is 2.08. The van der Waals surface area contributed by atoms with Crippen LogP contribution in [0.25, 0.3) is 0 Å². The fourth-order valence-corrected chi connectivity index (χ4v) is 1.78. The first-order chi connectivity index (χ1) is 8.56. The number of rotatable bonds is 3. The largest absolute Gasteiger partial charge is 0.487 e. The minimum Gasteiger partial charge on any atom is -0.487 e. The number of hydrogen-bond acceptors (Lipinski definition) is 3. The van der Waals surface area contributed by atoms with Crippen molar-refractivity contribution in [1.29, 1.82) is 0 Å². The number of ether oxygens (including phenoxy) is 1. The molecule has 0 saturated carbocycles. The maximum atomic E-state index is 6.09. The van der Waals surface area contributed by atoms with E-state index in [-0.39, 0.29) is 0 Å². The quantitative estimate of drug-likeness (QED) is 0.854. The summed E-state index contributed by atoms with van der Waals surface area (Å²) in [7, 11) is 0. The van der Waals surface area contributed by atoms with Gasteiger partial charge in [-0.15, -0.1) is 5.10 Å². The van der Waals surface area contributed by atoms with Gasteiger partial charge < -0.3 is 4.74 Å². The Morgan fingerprint density at radius 1 is 1.06 bits per heavy atom. The number of aromatic nitrogens is 2. The molecule has 1 aromatic carbocycles. The molecule has 0 spiro atoms. The lowest BCUT2D eigenvalue weighted by molar-refractivity contribution is 0.299. The van der Waals surface area contributed by atoms with Crippen molar-refractivity contribution in [3.8, 4) is 5.75 Å². The molecule has 94 valence electrons. The van der Waals surface area contributed by atoms with Gasteiger partial charge in [0.15, 0.2) is 5.15 Å². The zero-order valence-corrected chi connectivity index (χ0v) is 11.6. The molecule has 1 aromatic heterocycles. The van der Waals surface area contributed by atoms with E-state index in [1.54, 1.807) is 12.1 Å². The molecule has 0 fully saturated rings.